The Morgan fingerprint density at radius 2 is 1.73 bits per heavy atom. The summed E-state index contributed by atoms with van der Waals surface area (Å²) in [6, 6.07) is 12.9. The number of halogens is 2. The molecule has 1 aliphatic heterocycles. The van der Waals surface area contributed by atoms with E-state index in [0.29, 0.717) is 0 Å². The molecule has 10 heteroatoms. The van der Waals surface area contributed by atoms with Crippen molar-refractivity contribution in [2.24, 2.45) is 0 Å². The third kappa shape index (κ3) is 4.80. The topological polar surface area (TPSA) is 86.8 Å². The molecule has 3 rings (SSSR count). The minimum absolute atomic E-state index is 0.0572. The molecular formula is C20H21ClFN3O4S. The van der Waals surface area contributed by atoms with Crippen LogP contribution in [0.2, 0.25) is 0 Å². The number of rotatable bonds is 6. The molecule has 1 unspecified atom stereocenters. The number of alkyl halides is 1. The van der Waals surface area contributed by atoms with Crippen molar-refractivity contribution in [2.45, 2.75) is 17.5 Å². The fourth-order valence-corrected chi connectivity index (χ4v) is 5.07. The van der Waals surface area contributed by atoms with Crippen molar-refractivity contribution >= 4 is 33.4 Å². The minimum Gasteiger partial charge on any atom is -0.351 e. The van der Waals surface area contributed by atoms with E-state index in [1.54, 1.807) is 0 Å². The molecule has 1 N–H and O–H groups in total. The van der Waals surface area contributed by atoms with Crippen LogP contribution >= 0.6 is 11.6 Å². The molecule has 160 valence electrons. The van der Waals surface area contributed by atoms with Crippen LogP contribution < -0.4 is 5.32 Å². The van der Waals surface area contributed by atoms with Gasteiger partial charge in [-0.05, 0) is 17.7 Å². The van der Waals surface area contributed by atoms with Crippen molar-refractivity contribution in [3.63, 3.8) is 0 Å². The summed E-state index contributed by atoms with van der Waals surface area (Å²) >= 11 is 5.62. The number of amides is 2. The lowest BCUT2D eigenvalue weighted by Crippen LogP contribution is -2.61. The van der Waals surface area contributed by atoms with Gasteiger partial charge in [0.2, 0.25) is 21.8 Å². The van der Waals surface area contributed by atoms with E-state index in [-0.39, 0.29) is 32.1 Å². The molecule has 0 aromatic heterocycles. The summed E-state index contributed by atoms with van der Waals surface area (Å²) in [6.07, 6.45) is 0. The lowest BCUT2D eigenvalue weighted by Gasteiger charge is -2.39. The van der Waals surface area contributed by atoms with Crippen molar-refractivity contribution in [3.8, 4) is 0 Å². The van der Waals surface area contributed by atoms with E-state index < -0.39 is 38.6 Å². The first-order valence-electron chi connectivity index (χ1n) is 9.26. The Labute approximate surface area is 179 Å². The number of hydrogen-bond acceptors (Lipinski definition) is 4. The monoisotopic (exact) mass is 453 g/mol. The molecule has 7 nitrogen and oxygen atoms in total. The predicted molar refractivity (Wildman–Crippen MR) is 110 cm³/mol. The van der Waals surface area contributed by atoms with Gasteiger partial charge in [0.1, 0.15) is 22.6 Å². The van der Waals surface area contributed by atoms with E-state index >= 15 is 0 Å². The molecule has 1 heterocycles. The Balaban J connectivity index is 1.87. The summed E-state index contributed by atoms with van der Waals surface area (Å²) in [5, 5.41) is 2.70. The lowest BCUT2D eigenvalue weighted by molar-refractivity contribution is -0.134. The Morgan fingerprint density at radius 3 is 2.40 bits per heavy atom. The standard InChI is InChI=1S/C20H21ClFN3O4S/c21-12-19(26)24-10-11-25(30(28,29)18-9-5-4-8-16(18)22)17(14-24)20(27)23-13-15-6-2-1-3-7-15/h1-9,17H,10-14H2,(H,23,27). The van der Waals surface area contributed by atoms with Crippen LogP contribution in [0.1, 0.15) is 5.56 Å². The quantitative estimate of drug-likeness (QED) is 0.673. The van der Waals surface area contributed by atoms with Crippen LogP contribution in [0.25, 0.3) is 0 Å². The molecule has 2 amide bonds. The summed E-state index contributed by atoms with van der Waals surface area (Å²) in [7, 11) is -4.30. The number of sulfonamides is 1. The summed E-state index contributed by atoms with van der Waals surface area (Å²) in [4.78, 5) is 25.8. The predicted octanol–water partition coefficient (Wildman–Crippen LogP) is 1.58. The molecule has 0 aliphatic carbocycles. The van der Waals surface area contributed by atoms with E-state index in [2.05, 4.69) is 5.32 Å². The molecule has 0 saturated carbocycles. The molecule has 0 spiro atoms. The highest BCUT2D eigenvalue weighted by Gasteiger charge is 2.41. The highest BCUT2D eigenvalue weighted by molar-refractivity contribution is 7.89. The average Bonchev–Trinajstić information content (AvgIpc) is 2.77. The van der Waals surface area contributed by atoms with Crippen molar-refractivity contribution < 1.29 is 22.4 Å². The second-order valence-electron chi connectivity index (χ2n) is 6.74. The molecule has 2 aromatic rings. The van der Waals surface area contributed by atoms with Crippen LogP contribution in [0, 0.1) is 5.82 Å². The molecule has 0 bridgehead atoms. The van der Waals surface area contributed by atoms with Gasteiger partial charge < -0.3 is 10.2 Å². The summed E-state index contributed by atoms with van der Waals surface area (Å²) < 4.78 is 41.4. The molecule has 30 heavy (non-hydrogen) atoms. The normalized spacial score (nSPS) is 17.5. The second-order valence-corrected chi connectivity index (χ2v) is 8.87. The maximum Gasteiger partial charge on any atom is 0.246 e. The van der Waals surface area contributed by atoms with Crippen molar-refractivity contribution in [2.75, 3.05) is 25.5 Å². The summed E-state index contributed by atoms with van der Waals surface area (Å²) in [5.41, 5.74) is 0.832. The number of piperazine rings is 1. The second kappa shape index (κ2) is 9.55. The fraction of sp³-hybridized carbons (Fsp3) is 0.300. The summed E-state index contributed by atoms with van der Waals surface area (Å²) in [5.74, 6) is -2.16. The summed E-state index contributed by atoms with van der Waals surface area (Å²) in [6.45, 7) is -0.0719. The smallest absolute Gasteiger partial charge is 0.246 e. The fourth-order valence-electron chi connectivity index (χ4n) is 3.26. The first-order chi connectivity index (χ1) is 14.3. The SMILES string of the molecule is O=C(NCc1ccccc1)C1CN(C(=O)CCl)CCN1S(=O)(=O)c1ccccc1F. The lowest BCUT2D eigenvalue weighted by atomic mass is 10.1. The maximum atomic E-state index is 14.2. The zero-order chi connectivity index (χ0) is 21.7. The Hall–Kier alpha value is -2.49. The minimum atomic E-state index is -4.30. The van der Waals surface area contributed by atoms with E-state index in [4.69, 9.17) is 11.6 Å². The number of benzene rings is 2. The average molecular weight is 454 g/mol. The number of nitrogens with one attached hydrogen (secondary N) is 1. The molecule has 1 atom stereocenters. The van der Waals surface area contributed by atoms with Crippen molar-refractivity contribution in [3.05, 3.63) is 66.0 Å². The highest BCUT2D eigenvalue weighted by atomic mass is 35.5. The van der Waals surface area contributed by atoms with Crippen LogP contribution in [0.3, 0.4) is 0 Å². The molecule has 1 saturated heterocycles. The molecule has 0 radical (unpaired) electrons. The van der Waals surface area contributed by atoms with Crippen LogP contribution in [-0.4, -0.2) is 61.0 Å². The molecular weight excluding hydrogens is 433 g/mol. The van der Waals surface area contributed by atoms with Crippen LogP contribution in [0.5, 0.6) is 0 Å². The zero-order valence-electron chi connectivity index (χ0n) is 16.0. The first-order valence-corrected chi connectivity index (χ1v) is 11.2. The van der Waals surface area contributed by atoms with E-state index in [1.807, 2.05) is 30.3 Å². The third-order valence-electron chi connectivity index (χ3n) is 4.83. The van der Waals surface area contributed by atoms with Gasteiger partial charge in [-0.2, -0.15) is 4.31 Å². The van der Waals surface area contributed by atoms with Gasteiger partial charge >= 0.3 is 0 Å². The van der Waals surface area contributed by atoms with E-state index in [0.717, 1.165) is 22.0 Å². The number of hydrogen-bond donors (Lipinski definition) is 1. The van der Waals surface area contributed by atoms with Gasteiger partial charge in [0.15, 0.2) is 0 Å². The largest absolute Gasteiger partial charge is 0.351 e. The Bertz CT molecular complexity index is 1020. The molecule has 2 aromatic carbocycles. The molecule has 1 fully saturated rings. The Morgan fingerprint density at radius 1 is 1.07 bits per heavy atom. The van der Waals surface area contributed by atoms with Gasteiger partial charge in [0.05, 0.1) is 0 Å². The van der Waals surface area contributed by atoms with Gasteiger partial charge in [-0.3, -0.25) is 9.59 Å². The van der Waals surface area contributed by atoms with Gasteiger partial charge in [0.25, 0.3) is 0 Å². The molecule has 1 aliphatic rings. The van der Waals surface area contributed by atoms with Gasteiger partial charge in [-0.25, -0.2) is 12.8 Å². The van der Waals surface area contributed by atoms with Gasteiger partial charge in [-0.15, -0.1) is 11.6 Å². The van der Waals surface area contributed by atoms with Crippen LogP contribution in [0.15, 0.2) is 59.5 Å². The number of nitrogens with zero attached hydrogens (tertiary/aromatic N) is 2. The van der Waals surface area contributed by atoms with Gasteiger partial charge in [0, 0.05) is 26.2 Å². The number of carbonyl (C=O) groups is 2. The van der Waals surface area contributed by atoms with Crippen LogP contribution in [0.4, 0.5) is 4.39 Å². The van der Waals surface area contributed by atoms with E-state index in [9.17, 15) is 22.4 Å². The van der Waals surface area contributed by atoms with E-state index in [1.165, 1.54) is 17.0 Å². The highest BCUT2D eigenvalue weighted by Crippen LogP contribution is 2.24. The third-order valence-corrected chi connectivity index (χ3v) is 7.00. The zero-order valence-corrected chi connectivity index (χ0v) is 17.6. The Kier molecular flexibility index (Phi) is 7.06. The first kappa shape index (κ1) is 22.2. The number of carbonyl (C=O) groups excluding carboxylic acids is 2. The van der Waals surface area contributed by atoms with Crippen molar-refractivity contribution in [1.82, 2.24) is 14.5 Å². The van der Waals surface area contributed by atoms with Crippen molar-refractivity contribution in [1.29, 1.82) is 0 Å². The van der Waals surface area contributed by atoms with Crippen LogP contribution in [-0.2, 0) is 26.2 Å². The van der Waals surface area contributed by atoms with Gasteiger partial charge in [-0.1, -0.05) is 42.5 Å². The maximum absolute atomic E-state index is 14.2.